The first-order valence-electron chi connectivity index (χ1n) is 10.2. The van der Waals surface area contributed by atoms with Crippen LogP contribution in [0.15, 0.2) is 60.7 Å². The average Bonchev–Trinajstić information content (AvgIpc) is 3.31. The molecule has 1 atom stereocenters. The van der Waals surface area contributed by atoms with Crippen LogP contribution >= 0.6 is 0 Å². The van der Waals surface area contributed by atoms with Crippen LogP contribution in [0.2, 0.25) is 0 Å². The maximum atomic E-state index is 13.2. The van der Waals surface area contributed by atoms with Crippen molar-refractivity contribution in [2.75, 3.05) is 11.9 Å². The first kappa shape index (κ1) is 20.6. The molecule has 0 spiro atoms. The second-order valence-electron chi connectivity index (χ2n) is 8.04. The molecule has 1 aliphatic rings. The van der Waals surface area contributed by atoms with Crippen LogP contribution in [-0.2, 0) is 12.1 Å². The molecular weight excluding hydrogens is 392 g/mol. The molecule has 0 radical (unpaired) electrons. The van der Waals surface area contributed by atoms with Crippen LogP contribution in [0, 0.1) is 0 Å². The summed E-state index contributed by atoms with van der Waals surface area (Å²) in [7, 11) is 0. The van der Waals surface area contributed by atoms with E-state index in [4.69, 9.17) is 5.73 Å². The minimum Gasteiger partial charge on any atom is -0.330 e. The Morgan fingerprint density at radius 1 is 1.13 bits per heavy atom. The lowest BCUT2D eigenvalue weighted by Gasteiger charge is -2.33. The van der Waals surface area contributed by atoms with Crippen LogP contribution < -0.4 is 16.4 Å². The maximum Gasteiger partial charge on any atom is 0.319 e. The minimum absolute atomic E-state index is 0.228. The monoisotopic (exact) mass is 418 g/mol. The van der Waals surface area contributed by atoms with Gasteiger partial charge in [-0.05, 0) is 31.5 Å². The number of aromatic nitrogens is 2. The molecule has 0 fully saturated rings. The van der Waals surface area contributed by atoms with E-state index in [9.17, 15) is 9.59 Å². The fourth-order valence-electron chi connectivity index (χ4n) is 3.90. The molecule has 8 heteroatoms. The van der Waals surface area contributed by atoms with Crippen LogP contribution in [0.4, 0.5) is 10.6 Å². The van der Waals surface area contributed by atoms with E-state index in [1.54, 1.807) is 29.2 Å². The van der Waals surface area contributed by atoms with Gasteiger partial charge in [0, 0.05) is 17.7 Å². The van der Waals surface area contributed by atoms with Gasteiger partial charge < -0.3 is 21.3 Å². The number of carbonyl (C=O) groups is 2. The van der Waals surface area contributed by atoms with Crippen molar-refractivity contribution in [3.63, 3.8) is 0 Å². The van der Waals surface area contributed by atoms with Crippen molar-refractivity contribution in [3.8, 4) is 0 Å². The first-order valence-corrected chi connectivity index (χ1v) is 10.2. The number of anilines is 1. The van der Waals surface area contributed by atoms with Gasteiger partial charge in [-0.15, -0.1) is 0 Å². The number of nitrogens with zero attached hydrogens (tertiary/aromatic N) is 2. The Kier molecular flexibility index (Phi) is 5.48. The van der Waals surface area contributed by atoms with Gasteiger partial charge in [0.25, 0.3) is 5.91 Å². The zero-order chi connectivity index (χ0) is 22.0. The number of nitrogens with two attached hydrogens (primary N) is 1. The van der Waals surface area contributed by atoms with Gasteiger partial charge in [-0.1, -0.05) is 48.5 Å². The van der Waals surface area contributed by atoms with E-state index in [1.807, 2.05) is 50.2 Å². The van der Waals surface area contributed by atoms with Crippen LogP contribution in [0.3, 0.4) is 0 Å². The molecule has 5 N–H and O–H groups in total. The summed E-state index contributed by atoms with van der Waals surface area (Å²) in [6.07, 6.45) is 0. The zero-order valence-electron chi connectivity index (χ0n) is 17.6. The number of fused-ring (bicyclic) bond motifs is 1. The fraction of sp³-hybridized carbons (Fsp3) is 0.261. The number of hydrogen-bond acceptors (Lipinski definition) is 4. The van der Waals surface area contributed by atoms with Crippen molar-refractivity contribution in [3.05, 3.63) is 83.0 Å². The molecule has 0 saturated heterocycles. The van der Waals surface area contributed by atoms with Gasteiger partial charge in [0.15, 0.2) is 5.82 Å². The summed E-state index contributed by atoms with van der Waals surface area (Å²) in [5.41, 5.74) is 8.39. The Labute approximate surface area is 180 Å². The van der Waals surface area contributed by atoms with Crippen molar-refractivity contribution >= 4 is 17.8 Å². The molecule has 0 saturated carbocycles. The number of amides is 3. The van der Waals surface area contributed by atoms with Gasteiger partial charge in [0.2, 0.25) is 0 Å². The summed E-state index contributed by atoms with van der Waals surface area (Å²) < 4.78 is 0. The number of H-pyrrole nitrogens is 1. The highest BCUT2D eigenvalue weighted by Gasteiger charge is 2.44. The fourth-order valence-corrected chi connectivity index (χ4v) is 3.90. The number of rotatable bonds is 5. The molecule has 2 heterocycles. The second-order valence-corrected chi connectivity index (χ2v) is 8.04. The standard InChI is InChI=1S/C23H26N6O2/c1-23(2)19-17(20(28-27-19)26-21(30)16-11-7-4-8-12-16)14-29(23)22(31)25-18(13-24)15-9-5-3-6-10-15/h3-12,18H,13-14,24H2,1-2H3,(H,25,31)(H2,26,27,28,30)/t18-/m1/s1. The molecule has 31 heavy (non-hydrogen) atoms. The smallest absolute Gasteiger partial charge is 0.319 e. The number of benzene rings is 2. The quantitative estimate of drug-likeness (QED) is 0.509. The summed E-state index contributed by atoms with van der Waals surface area (Å²) in [5, 5.41) is 13.2. The molecule has 3 amide bonds. The van der Waals surface area contributed by atoms with E-state index >= 15 is 0 Å². The van der Waals surface area contributed by atoms with E-state index in [0.29, 0.717) is 17.9 Å². The van der Waals surface area contributed by atoms with E-state index < -0.39 is 5.54 Å². The van der Waals surface area contributed by atoms with Gasteiger partial charge in [-0.25, -0.2) is 4.79 Å². The predicted molar refractivity (Wildman–Crippen MR) is 118 cm³/mol. The number of nitrogens with one attached hydrogen (secondary N) is 3. The lowest BCUT2D eigenvalue weighted by Crippen LogP contribution is -2.48. The molecule has 3 aromatic rings. The van der Waals surface area contributed by atoms with E-state index in [1.165, 1.54) is 0 Å². The molecule has 0 unspecified atom stereocenters. The number of hydrogen-bond donors (Lipinski definition) is 4. The summed E-state index contributed by atoms with van der Waals surface area (Å²) in [6, 6.07) is 18.1. The maximum absolute atomic E-state index is 13.2. The Balaban J connectivity index is 1.52. The highest BCUT2D eigenvalue weighted by Crippen LogP contribution is 2.40. The van der Waals surface area contributed by atoms with Gasteiger partial charge in [0.05, 0.1) is 23.8 Å². The molecule has 4 rings (SSSR count). The van der Waals surface area contributed by atoms with Crippen molar-refractivity contribution in [1.29, 1.82) is 0 Å². The molecule has 2 aromatic carbocycles. The summed E-state index contributed by atoms with van der Waals surface area (Å²) >= 11 is 0. The third-order valence-corrected chi connectivity index (χ3v) is 5.72. The SMILES string of the molecule is CC1(C)c2[nH]nc(NC(=O)c3ccccc3)c2CN1C(=O)N[C@H](CN)c1ccccc1. The van der Waals surface area contributed by atoms with Crippen molar-refractivity contribution < 1.29 is 9.59 Å². The zero-order valence-corrected chi connectivity index (χ0v) is 17.6. The first-order chi connectivity index (χ1) is 14.9. The second kappa shape index (κ2) is 8.23. The van der Waals surface area contributed by atoms with Crippen LogP contribution in [0.5, 0.6) is 0 Å². The normalized spacial score (nSPS) is 15.3. The predicted octanol–water partition coefficient (Wildman–Crippen LogP) is 3.12. The highest BCUT2D eigenvalue weighted by atomic mass is 16.2. The van der Waals surface area contributed by atoms with Crippen LogP contribution in [0.25, 0.3) is 0 Å². The average molecular weight is 419 g/mol. The van der Waals surface area contributed by atoms with E-state index in [2.05, 4.69) is 20.8 Å². The van der Waals surface area contributed by atoms with Crippen LogP contribution in [-0.4, -0.2) is 33.6 Å². The summed E-state index contributed by atoms with van der Waals surface area (Å²) in [4.78, 5) is 27.4. The van der Waals surface area contributed by atoms with Crippen molar-refractivity contribution in [2.45, 2.75) is 32.0 Å². The molecule has 8 nitrogen and oxygen atoms in total. The van der Waals surface area contributed by atoms with E-state index in [-0.39, 0.29) is 24.5 Å². The highest BCUT2D eigenvalue weighted by molar-refractivity contribution is 6.04. The molecule has 1 aromatic heterocycles. The third kappa shape index (κ3) is 3.89. The lowest BCUT2D eigenvalue weighted by atomic mass is 10.0. The Morgan fingerprint density at radius 2 is 1.77 bits per heavy atom. The minimum atomic E-state index is -0.627. The Morgan fingerprint density at radius 3 is 2.42 bits per heavy atom. The Bertz CT molecular complexity index is 1080. The number of aromatic amines is 1. The van der Waals surface area contributed by atoms with Gasteiger partial charge in [0.1, 0.15) is 0 Å². The molecule has 1 aliphatic heterocycles. The lowest BCUT2D eigenvalue weighted by molar-refractivity contribution is 0.102. The molecule has 0 bridgehead atoms. The van der Waals surface area contributed by atoms with Crippen molar-refractivity contribution in [1.82, 2.24) is 20.4 Å². The summed E-state index contributed by atoms with van der Waals surface area (Å²) in [5.74, 6) is 0.188. The molecular formula is C23H26N6O2. The van der Waals surface area contributed by atoms with E-state index in [0.717, 1.165) is 16.8 Å². The Hall–Kier alpha value is -3.65. The number of carbonyl (C=O) groups excluding carboxylic acids is 2. The van der Waals surface area contributed by atoms with Gasteiger partial charge >= 0.3 is 6.03 Å². The largest absolute Gasteiger partial charge is 0.330 e. The molecule has 0 aliphatic carbocycles. The summed E-state index contributed by atoms with van der Waals surface area (Å²) in [6.45, 7) is 4.50. The van der Waals surface area contributed by atoms with Crippen molar-refractivity contribution in [2.24, 2.45) is 5.73 Å². The van der Waals surface area contributed by atoms with Gasteiger partial charge in [-0.2, -0.15) is 5.10 Å². The van der Waals surface area contributed by atoms with Gasteiger partial charge in [-0.3, -0.25) is 9.89 Å². The molecule has 160 valence electrons. The third-order valence-electron chi connectivity index (χ3n) is 5.72. The number of urea groups is 1. The topological polar surface area (TPSA) is 116 Å². The van der Waals surface area contributed by atoms with Crippen LogP contribution in [0.1, 0.15) is 47.1 Å².